The van der Waals surface area contributed by atoms with Crippen LogP contribution in [0.2, 0.25) is 0 Å². The molecule has 0 saturated carbocycles. The first-order chi connectivity index (χ1) is 9.69. The van der Waals surface area contributed by atoms with E-state index in [1.807, 2.05) is 6.07 Å². The van der Waals surface area contributed by atoms with E-state index < -0.39 is 5.97 Å². The lowest BCUT2D eigenvalue weighted by molar-refractivity contribution is 0.0559. The Bertz CT molecular complexity index is 653. The van der Waals surface area contributed by atoms with Gasteiger partial charge in [0.05, 0.1) is 25.3 Å². The Labute approximate surface area is 115 Å². The average Bonchev–Trinajstić information content (AvgIpc) is 2.91. The van der Waals surface area contributed by atoms with E-state index in [1.165, 1.54) is 14.2 Å². The van der Waals surface area contributed by atoms with Gasteiger partial charge in [0.15, 0.2) is 0 Å². The van der Waals surface area contributed by atoms with Gasteiger partial charge in [0, 0.05) is 12.7 Å². The number of aromatic nitrogens is 1. The minimum Gasteiger partial charge on any atom is -0.463 e. The van der Waals surface area contributed by atoms with Crippen molar-refractivity contribution < 1.29 is 18.7 Å². The molecule has 2 rings (SSSR count). The van der Waals surface area contributed by atoms with E-state index in [4.69, 9.17) is 14.4 Å². The number of nitriles is 1. The molecule has 6 heteroatoms. The zero-order valence-electron chi connectivity index (χ0n) is 11.0. The molecular weight excluding hydrogens is 260 g/mol. The molecule has 0 unspecified atom stereocenters. The molecule has 0 aliphatic heterocycles. The van der Waals surface area contributed by atoms with Gasteiger partial charge in [0.2, 0.25) is 11.7 Å². The Morgan fingerprint density at radius 2 is 2.05 bits per heavy atom. The molecule has 0 amide bonds. The molecule has 0 radical (unpaired) electrons. The molecule has 2 aromatic rings. The van der Waals surface area contributed by atoms with Crippen molar-refractivity contribution in [3.8, 4) is 17.5 Å². The smallest absolute Gasteiger partial charge is 0.376 e. The van der Waals surface area contributed by atoms with E-state index in [9.17, 15) is 4.79 Å². The Morgan fingerprint density at radius 1 is 1.35 bits per heavy atom. The summed E-state index contributed by atoms with van der Waals surface area (Å²) in [6, 6.07) is 8.71. The number of carbonyl (C=O) groups is 1. The van der Waals surface area contributed by atoms with Crippen molar-refractivity contribution in [2.75, 3.05) is 14.2 Å². The highest BCUT2D eigenvalue weighted by molar-refractivity contribution is 5.87. The predicted molar refractivity (Wildman–Crippen MR) is 68.7 cm³/mol. The third-order valence-electron chi connectivity index (χ3n) is 2.61. The maximum atomic E-state index is 11.6. The van der Waals surface area contributed by atoms with Crippen LogP contribution in [0.15, 0.2) is 28.7 Å². The first-order valence-corrected chi connectivity index (χ1v) is 5.77. The van der Waals surface area contributed by atoms with Crippen molar-refractivity contribution in [3.05, 3.63) is 41.3 Å². The fraction of sp³-hybridized carbons (Fsp3) is 0.214. The van der Waals surface area contributed by atoms with Crippen LogP contribution in [0.25, 0.3) is 11.5 Å². The van der Waals surface area contributed by atoms with Crippen LogP contribution < -0.4 is 0 Å². The van der Waals surface area contributed by atoms with Crippen molar-refractivity contribution in [2.45, 2.75) is 6.61 Å². The Kier molecular flexibility index (Phi) is 4.13. The minimum atomic E-state index is -0.607. The molecule has 0 atom stereocenters. The molecule has 1 aromatic heterocycles. The fourth-order valence-electron chi connectivity index (χ4n) is 1.65. The second-order valence-electron chi connectivity index (χ2n) is 3.91. The summed E-state index contributed by atoms with van der Waals surface area (Å²) in [6.45, 7) is 0.143. The molecule has 0 fully saturated rings. The standard InChI is InChI=1S/C14H12N2O4/c1-18-8-11-12(14(17)19-2)20-13(16-11)10-5-3-9(7-15)4-6-10/h3-6H,8H2,1-2H3. The number of hydrogen-bond acceptors (Lipinski definition) is 6. The molecular formula is C14H12N2O4. The number of carbonyl (C=O) groups excluding carboxylic acids is 1. The van der Waals surface area contributed by atoms with Crippen LogP contribution >= 0.6 is 0 Å². The summed E-state index contributed by atoms with van der Waals surface area (Å²) in [5, 5.41) is 8.76. The van der Waals surface area contributed by atoms with Crippen LogP contribution in [0.5, 0.6) is 0 Å². The summed E-state index contributed by atoms with van der Waals surface area (Å²) in [7, 11) is 2.76. The number of hydrogen-bond donors (Lipinski definition) is 0. The number of rotatable bonds is 4. The van der Waals surface area contributed by atoms with Gasteiger partial charge in [-0.2, -0.15) is 5.26 Å². The van der Waals surface area contributed by atoms with Gasteiger partial charge in [0.25, 0.3) is 0 Å². The van der Waals surface area contributed by atoms with Crippen LogP contribution in [0, 0.1) is 11.3 Å². The van der Waals surface area contributed by atoms with Gasteiger partial charge in [-0.3, -0.25) is 0 Å². The van der Waals surface area contributed by atoms with Gasteiger partial charge >= 0.3 is 5.97 Å². The first-order valence-electron chi connectivity index (χ1n) is 5.77. The molecule has 0 saturated heterocycles. The van der Waals surface area contributed by atoms with E-state index in [-0.39, 0.29) is 18.3 Å². The summed E-state index contributed by atoms with van der Waals surface area (Å²) in [5.41, 5.74) is 1.57. The van der Waals surface area contributed by atoms with Crippen molar-refractivity contribution >= 4 is 5.97 Å². The van der Waals surface area contributed by atoms with E-state index in [2.05, 4.69) is 9.72 Å². The lowest BCUT2D eigenvalue weighted by Crippen LogP contribution is -2.04. The zero-order valence-corrected chi connectivity index (χ0v) is 11.0. The number of esters is 1. The third-order valence-corrected chi connectivity index (χ3v) is 2.61. The fourth-order valence-corrected chi connectivity index (χ4v) is 1.65. The zero-order chi connectivity index (χ0) is 14.5. The van der Waals surface area contributed by atoms with E-state index >= 15 is 0 Å². The Balaban J connectivity index is 2.41. The number of nitrogens with zero attached hydrogens (tertiary/aromatic N) is 2. The molecule has 0 N–H and O–H groups in total. The summed E-state index contributed by atoms with van der Waals surface area (Å²) < 4.78 is 15.0. The van der Waals surface area contributed by atoms with Gasteiger partial charge < -0.3 is 13.9 Å². The van der Waals surface area contributed by atoms with Crippen LogP contribution in [-0.2, 0) is 16.1 Å². The first kappa shape index (κ1) is 13.8. The molecule has 1 heterocycles. The van der Waals surface area contributed by atoms with Crippen molar-refractivity contribution in [3.63, 3.8) is 0 Å². The van der Waals surface area contributed by atoms with Crippen molar-refractivity contribution in [2.24, 2.45) is 0 Å². The topological polar surface area (TPSA) is 85.4 Å². The van der Waals surface area contributed by atoms with Crippen molar-refractivity contribution in [1.29, 1.82) is 5.26 Å². The molecule has 0 aliphatic carbocycles. The van der Waals surface area contributed by atoms with Crippen molar-refractivity contribution in [1.82, 2.24) is 4.98 Å². The minimum absolute atomic E-state index is 0.0220. The van der Waals surface area contributed by atoms with Crippen LogP contribution in [0.1, 0.15) is 21.8 Å². The quantitative estimate of drug-likeness (QED) is 0.793. The van der Waals surface area contributed by atoms with Gasteiger partial charge in [0.1, 0.15) is 5.69 Å². The summed E-state index contributed by atoms with van der Waals surface area (Å²) in [6.07, 6.45) is 0. The molecule has 102 valence electrons. The highest BCUT2D eigenvalue weighted by Gasteiger charge is 2.21. The molecule has 6 nitrogen and oxygen atoms in total. The summed E-state index contributed by atoms with van der Waals surface area (Å²) in [4.78, 5) is 15.8. The third kappa shape index (κ3) is 2.68. The Hall–Kier alpha value is -2.65. The van der Waals surface area contributed by atoms with Crippen LogP contribution in [0.3, 0.4) is 0 Å². The second kappa shape index (κ2) is 5.99. The summed E-state index contributed by atoms with van der Waals surface area (Å²) in [5.74, 6) is -0.305. The highest BCUT2D eigenvalue weighted by Crippen LogP contribution is 2.23. The normalized spacial score (nSPS) is 10.1. The second-order valence-corrected chi connectivity index (χ2v) is 3.91. The average molecular weight is 272 g/mol. The number of methoxy groups -OCH3 is 2. The van der Waals surface area contributed by atoms with Crippen LogP contribution in [0.4, 0.5) is 0 Å². The monoisotopic (exact) mass is 272 g/mol. The SMILES string of the molecule is COCc1nc(-c2ccc(C#N)cc2)oc1C(=O)OC. The molecule has 0 spiro atoms. The molecule has 0 aliphatic rings. The van der Waals surface area contributed by atoms with Gasteiger partial charge in [-0.15, -0.1) is 0 Å². The van der Waals surface area contributed by atoms with E-state index in [1.54, 1.807) is 24.3 Å². The van der Waals surface area contributed by atoms with E-state index in [0.29, 0.717) is 16.8 Å². The maximum absolute atomic E-state index is 11.6. The predicted octanol–water partition coefficient (Wildman–Crippen LogP) is 2.15. The maximum Gasteiger partial charge on any atom is 0.376 e. The Morgan fingerprint density at radius 3 is 2.60 bits per heavy atom. The number of ether oxygens (including phenoxy) is 2. The number of oxazole rings is 1. The van der Waals surface area contributed by atoms with E-state index in [0.717, 1.165) is 0 Å². The van der Waals surface area contributed by atoms with Gasteiger partial charge in [-0.25, -0.2) is 9.78 Å². The largest absolute Gasteiger partial charge is 0.463 e. The highest BCUT2D eigenvalue weighted by atomic mass is 16.5. The molecule has 20 heavy (non-hydrogen) atoms. The number of benzene rings is 1. The lowest BCUT2D eigenvalue weighted by atomic mass is 10.1. The molecule has 1 aromatic carbocycles. The van der Waals surface area contributed by atoms with Crippen LogP contribution in [-0.4, -0.2) is 25.2 Å². The van der Waals surface area contributed by atoms with Gasteiger partial charge in [-0.1, -0.05) is 0 Å². The summed E-state index contributed by atoms with van der Waals surface area (Å²) >= 11 is 0. The molecule has 0 bridgehead atoms. The lowest BCUT2D eigenvalue weighted by Gasteiger charge is -1.96. The van der Waals surface area contributed by atoms with Gasteiger partial charge in [-0.05, 0) is 24.3 Å².